The number of aromatic nitrogens is 2. The zero-order chi connectivity index (χ0) is 10.3. The molecule has 0 saturated carbocycles. The van der Waals surface area contributed by atoms with Crippen LogP contribution in [0.3, 0.4) is 0 Å². The summed E-state index contributed by atoms with van der Waals surface area (Å²) < 4.78 is 0. The van der Waals surface area contributed by atoms with Gasteiger partial charge >= 0.3 is 0 Å². The quantitative estimate of drug-likeness (QED) is 0.657. The number of fused-ring (bicyclic) bond motifs is 1. The van der Waals surface area contributed by atoms with E-state index in [4.69, 9.17) is 0 Å². The normalized spacial score (nSPS) is 10.7. The van der Waals surface area contributed by atoms with Gasteiger partial charge in [0, 0.05) is 5.69 Å². The molecule has 0 aliphatic carbocycles. The Morgan fingerprint density at radius 2 is 2.07 bits per heavy atom. The fourth-order valence-electron chi connectivity index (χ4n) is 1.34. The van der Waals surface area contributed by atoms with Crippen LogP contribution in [0.2, 0.25) is 0 Å². The van der Waals surface area contributed by atoms with Crippen molar-refractivity contribution >= 4 is 11.0 Å². The van der Waals surface area contributed by atoms with Crippen molar-refractivity contribution in [1.29, 1.82) is 0 Å². The van der Waals surface area contributed by atoms with Crippen LogP contribution in [0.5, 0.6) is 5.75 Å². The lowest BCUT2D eigenvalue weighted by Gasteiger charge is -2.03. The molecule has 4 nitrogen and oxygen atoms in total. The summed E-state index contributed by atoms with van der Waals surface area (Å²) in [6.07, 6.45) is 0. The van der Waals surface area contributed by atoms with E-state index >= 15 is 0 Å². The topological polar surface area (TPSA) is 66.0 Å². The molecule has 0 aromatic carbocycles. The Balaban J connectivity index is 2.99. The largest absolute Gasteiger partial charge is 0.505 e. The number of H-pyrrole nitrogens is 1. The number of aromatic amines is 1. The summed E-state index contributed by atoms with van der Waals surface area (Å²) in [7, 11) is 0. The summed E-state index contributed by atoms with van der Waals surface area (Å²) in [5.74, 6) is -0.0348. The van der Waals surface area contributed by atoms with E-state index in [9.17, 15) is 9.90 Å². The van der Waals surface area contributed by atoms with Gasteiger partial charge in [-0.1, -0.05) is 0 Å². The minimum Gasteiger partial charge on any atom is -0.505 e. The second-order valence-corrected chi connectivity index (χ2v) is 3.28. The lowest BCUT2D eigenvalue weighted by atomic mass is 10.2. The first-order valence-electron chi connectivity index (χ1n) is 4.29. The highest BCUT2D eigenvalue weighted by Gasteiger charge is 2.08. The number of aromatic hydroxyl groups is 1. The Morgan fingerprint density at radius 3 is 2.79 bits per heavy atom. The second kappa shape index (κ2) is 2.83. The van der Waals surface area contributed by atoms with Crippen LogP contribution in [0.4, 0.5) is 0 Å². The summed E-state index contributed by atoms with van der Waals surface area (Å²) in [5.41, 5.74) is 1.83. The zero-order valence-corrected chi connectivity index (χ0v) is 7.96. The molecule has 0 spiro atoms. The van der Waals surface area contributed by atoms with Crippen molar-refractivity contribution in [2.45, 2.75) is 13.8 Å². The average molecular weight is 190 g/mol. The fraction of sp³-hybridized carbons (Fsp3) is 0.200. The predicted molar refractivity (Wildman–Crippen MR) is 53.5 cm³/mol. The Bertz CT molecular complexity index is 558. The molecule has 14 heavy (non-hydrogen) atoms. The Hall–Kier alpha value is -1.84. The summed E-state index contributed by atoms with van der Waals surface area (Å²) in [6.45, 7) is 3.40. The van der Waals surface area contributed by atoms with Gasteiger partial charge in [-0.15, -0.1) is 0 Å². The number of aryl methyl sites for hydroxylation is 1. The maximum absolute atomic E-state index is 11.3. The summed E-state index contributed by atoms with van der Waals surface area (Å²) in [6, 6.07) is 3.52. The summed E-state index contributed by atoms with van der Waals surface area (Å²) in [4.78, 5) is 18.1. The lowest BCUT2D eigenvalue weighted by molar-refractivity contribution is 0.474. The molecule has 4 heteroatoms. The molecule has 0 radical (unpaired) electrons. The fourth-order valence-corrected chi connectivity index (χ4v) is 1.34. The Kier molecular flexibility index (Phi) is 1.77. The minimum atomic E-state index is -0.277. The molecule has 0 bridgehead atoms. The first kappa shape index (κ1) is 8.74. The van der Waals surface area contributed by atoms with Crippen LogP contribution in [0.1, 0.15) is 11.3 Å². The Labute approximate surface area is 80.2 Å². The molecule has 2 aromatic rings. The highest BCUT2D eigenvalue weighted by Crippen LogP contribution is 2.21. The molecule has 0 amide bonds. The van der Waals surface area contributed by atoms with Crippen LogP contribution in [0.25, 0.3) is 11.0 Å². The number of nitrogens with zero attached hydrogens (tertiary/aromatic N) is 1. The van der Waals surface area contributed by atoms with Crippen molar-refractivity contribution in [3.8, 4) is 5.75 Å². The van der Waals surface area contributed by atoms with E-state index in [2.05, 4.69) is 9.97 Å². The van der Waals surface area contributed by atoms with Gasteiger partial charge in [0.05, 0.1) is 11.1 Å². The van der Waals surface area contributed by atoms with Crippen molar-refractivity contribution in [1.82, 2.24) is 9.97 Å². The van der Waals surface area contributed by atoms with Crippen LogP contribution in [0.15, 0.2) is 16.9 Å². The van der Waals surface area contributed by atoms with Crippen LogP contribution in [-0.4, -0.2) is 15.1 Å². The van der Waals surface area contributed by atoms with E-state index < -0.39 is 0 Å². The van der Waals surface area contributed by atoms with Crippen molar-refractivity contribution < 1.29 is 5.11 Å². The molecule has 2 aromatic heterocycles. The lowest BCUT2D eigenvalue weighted by Crippen LogP contribution is -2.09. The molecule has 0 atom stereocenters. The van der Waals surface area contributed by atoms with E-state index in [1.165, 1.54) is 0 Å². The van der Waals surface area contributed by atoms with E-state index in [0.29, 0.717) is 16.6 Å². The van der Waals surface area contributed by atoms with E-state index in [-0.39, 0.29) is 11.3 Å². The number of hydrogen-bond donors (Lipinski definition) is 2. The molecule has 0 unspecified atom stereocenters. The Morgan fingerprint density at radius 1 is 1.36 bits per heavy atom. The standard InChI is InChI=1S/C10H10N2O2/c1-5-3-4-7-8(11-5)9(13)6(2)10(14)12-7/h3-4H,1-2H3,(H2,12,13,14). The third-order valence-corrected chi connectivity index (χ3v) is 2.20. The summed E-state index contributed by atoms with van der Waals surface area (Å²) >= 11 is 0. The van der Waals surface area contributed by atoms with Gasteiger partial charge < -0.3 is 10.1 Å². The highest BCUT2D eigenvalue weighted by molar-refractivity contribution is 5.81. The van der Waals surface area contributed by atoms with E-state index in [1.54, 1.807) is 19.1 Å². The van der Waals surface area contributed by atoms with Crippen LogP contribution < -0.4 is 5.56 Å². The number of pyridine rings is 2. The van der Waals surface area contributed by atoms with Crippen LogP contribution in [0, 0.1) is 13.8 Å². The third kappa shape index (κ3) is 1.16. The van der Waals surface area contributed by atoms with Gasteiger partial charge in [0.2, 0.25) is 0 Å². The van der Waals surface area contributed by atoms with Crippen molar-refractivity contribution in [2.75, 3.05) is 0 Å². The van der Waals surface area contributed by atoms with Gasteiger partial charge in [0.25, 0.3) is 5.56 Å². The molecular formula is C10H10N2O2. The molecular weight excluding hydrogens is 180 g/mol. The SMILES string of the molecule is Cc1ccc2[nH]c(=O)c(C)c(O)c2n1. The number of hydrogen-bond acceptors (Lipinski definition) is 3. The number of nitrogens with one attached hydrogen (secondary N) is 1. The second-order valence-electron chi connectivity index (χ2n) is 3.28. The van der Waals surface area contributed by atoms with Gasteiger partial charge in [0.15, 0.2) is 5.75 Å². The smallest absolute Gasteiger partial charge is 0.255 e. The van der Waals surface area contributed by atoms with Crippen molar-refractivity contribution in [3.05, 3.63) is 33.7 Å². The molecule has 2 rings (SSSR count). The molecule has 0 aliphatic rings. The molecule has 2 N–H and O–H groups in total. The van der Waals surface area contributed by atoms with Gasteiger partial charge in [0.1, 0.15) is 5.52 Å². The van der Waals surface area contributed by atoms with Crippen LogP contribution >= 0.6 is 0 Å². The monoisotopic (exact) mass is 190 g/mol. The first-order valence-corrected chi connectivity index (χ1v) is 4.29. The predicted octanol–water partition coefficient (Wildman–Crippen LogP) is 1.25. The maximum Gasteiger partial charge on any atom is 0.255 e. The van der Waals surface area contributed by atoms with Gasteiger partial charge in [-0.2, -0.15) is 0 Å². The molecule has 72 valence electrons. The average Bonchev–Trinajstić information content (AvgIpc) is 2.16. The highest BCUT2D eigenvalue weighted by atomic mass is 16.3. The van der Waals surface area contributed by atoms with Gasteiger partial charge in [-0.05, 0) is 26.0 Å². The minimum absolute atomic E-state index is 0.0348. The first-order chi connectivity index (χ1) is 6.59. The third-order valence-electron chi connectivity index (χ3n) is 2.20. The van der Waals surface area contributed by atoms with Crippen LogP contribution in [-0.2, 0) is 0 Å². The molecule has 0 aliphatic heterocycles. The summed E-state index contributed by atoms with van der Waals surface area (Å²) in [5, 5.41) is 9.68. The van der Waals surface area contributed by atoms with Crippen molar-refractivity contribution in [3.63, 3.8) is 0 Å². The maximum atomic E-state index is 11.3. The van der Waals surface area contributed by atoms with Gasteiger partial charge in [-0.25, -0.2) is 4.98 Å². The number of rotatable bonds is 0. The molecule has 0 fully saturated rings. The van der Waals surface area contributed by atoms with Crippen molar-refractivity contribution in [2.24, 2.45) is 0 Å². The molecule has 2 heterocycles. The van der Waals surface area contributed by atoms with E-state index in [1.807, 2.05) is 6.92 Å². The zero-order valence-electron chi connectivity index (χ0n) is 7.96. The van der Waals surface area contributed by atoms with E-state index in [0.717, 1.165) is 5.69 Å². The molecule has 0 saturated heterocycles. The van der Waals surface area contributed by atoms with Gasteiger partial charge in [-0.3, -0.25) is 4.79 Å².